The highest BCUT2D eigenvalue weighted by Gasteiger charge is 2.51. The number of alkyl halides is 6. The van der Waals surface area contributed by atoms with E-state index in [1.807, 2.05) is 0 Å². The summed E-state index contributed by atoms with van der Waals surface area (Å²) in [6.45, 7) is 8.85. The molecule has 14 heteroatoms. The van der Waals surface area contributed by atoms with Gasteiger partial charge < -0.3 is 23.7 Å². The van der Waals surface area contributed by atoms with E-state index in [9.17, 15) is 36.4 Å². The normalized spacial score (nSPS) is 11.7. The van der Waals surface area contributed by atoms with Crippen LogP contribution in [-0.4, -0.2) is 7.32 Å². The van der Waals surface area contributed by atoms with Crippen molar-refractivity contribution in [2.24, 2.45) is 0 Å². The zero-order valence-corrected chi connectivity index (χ0v) is 43.9. The van der Waals surface area contributed by atoms with Gasteiger partial charge in [0.25, 0.3) is 15.0 Å². The SMILES string of the molecule is CC(C)c1ccc(O[P+](c2ccccc2)(c2ccccc2)c2ccccc2)cc1.CC(C)c1ccc(O[P+](c2ccccc2)(c2ccccc2)c2ccccc2)cc1.[O-]B([O-])Oc1cc(C(F)(F)F)cc(C(F)(F)F)c1. The lowest BCUT2D eigenvalue weighted by molar-refractivity contribution is -0.372. The van der Waals surface area contributed by atoms with Gasteiger partial charge in [-0.15, -0.1) is 0 Å². The topological polar surface area (TPSA) is 73.8 Å². The summed E-state index contributed by atoms with van der Waals surface area (Å²) in [5.74, 6) is 1.73. The summed E-state index contributed by atoms with van der Waals surface area (Å²) in [7, 11) is -7.65. The van der Waals surface area contributed by atoms with Gasteiger partial charge in [-0.05, 0) is 138 Å². The lowest BCUT2D eigenvalue weighted by Gasteiger charge is -2.27. The Labute approximate surface area is 442 Å². The Morgan fingerprint density at radius 3 is 0.776 bits per heavy atom. The Morgan fingerprint density at radius 2 is 0.579 bits per heavy atom. The second-order valence-electron chi connectivity index (χ2n) is 18.0. The van der Waals surface area contributed by atoms with Crippen molar-refractivity contribution < 1.29 is 50.1 Å². The number of hydrogen-bond donors (Lipinski definition) is 0. The summed E-state index contributed by atoms with van der Waals surface area (Å²) >= 11 is 0. The van der Waals surface area contributed by atoms with E-state index < -0.39 is 51.5 Å². The van der Waals surface area contributed by atoms with Crippen molar-refractivity contribution in [2.45, 2.75) is 51.9 Å². The summed E-state index contributed by atoms with van der Waals surface area (Å²) in [5.41, 5.74) is -0.679. The predicted molar refractivity (Wildman–Crippen MR) is 295 cm³/mol. The summed E-state index contributed by atoms with van der Waals surface area (Å²) in [6.07, 6.45) is -10.1. The minimum Gasteiger partial charge on any atom is -0.860 e. The van der Waals surface area contributed by atoms with E-state index in [0.717, 1.165) is 11.5 Å². The molecule has 0 amide bonds. The summed E-state index contributed by atoms with van der Waals surface area (Å²) in [5, 5.41) is 27.4. The third kappa shape index (κ3) is 14.2. The molecule has 9 aromatic carbocycles. The quantitative estimate of drug-likeness (QED) is 0.0616. The average molecular weight is 1070 g/mol. The van der Waals surface area contributed by atoms with E-state index in [1.165, 1.54) is 43.0 Å². The molecule has 0 atom stereocenters. The maximum Gasteiger partial charge on any atom is 0.416 e. The molecule has 0 aliphatic carbocycles. The first kappa shape index (κ1) is 56.5. The van der Waals surface area contributed by atoms with Crippen LogP contribution >= 0.6 is 15.0 Å². The van der Waals surface area contributed by atoms with Gasteiger partial charge in [-0.2, -0.15) is 26.3 Å². The number of rotatable bonds is 14. The van der Waals surface area contributed by atoms with Crippen molar-refractivity contribution in [1.29, 1.82) is 0 Å². The predicted octanol–water partition coefficient (Wildman–Crippen LogP) is 13.0. The minimum absolute atomic E-state index is 0.141. The molecular weight excluding hydrogens is 1010 g/mol. The molecule has 0 saturated heterocycles. The Hall–Kier alpha value is -7.20. The molecular formula is C62H55BF6O5P2. The number of benzene rings is 9. The Morgan fingerprint density at radius 1 is 0.342 bits per heavy atom. The fourth-order valence-electron chi connectivity index (χ4n) is 8.29. The van der Waals surface area contributed by atoms with Crippen LogP contribution in [0.3, 0.4) is 0 Å². The van der Waals surface area contributed by atoms with Crippen molar-refractivity contribution in [3.8, 4) is 17.2 Å². The molecule has 0 fully saturated rings. The molecule has 5 nitrogen and oxygen atoms in total. The van der Waals surface area contributed by atoms with Gasteiger partial charge in [0.05, 0.1) is 16.9 Å². The van der Waals surface area contributed by atoms with E-state index in [0.29, 0.717) is 11.8 Å². The third-order valence-electron chi connectivity index (χ3n) is 12.1. The molecule has 0 aromatic heterocycles. The monoisotopic (exact) mass is 1070 g/mol. The molecule has 0 spiro atoms. The number of halogens is 6. The zero-order valence-electron chi connectivity index (χ0n) is 42.1. The molecule has 0 aliphatic rings. The molecule has 0 aliphatic heterocycles. The maximum atomic E-state index is 12.3. The van der Waals surface area contributed by atoms with Crippen LogP contribution in [-0.2, 0) is 12.4 Å². The van der Waals surface area contributed by atoms with Gasteiger partial charge in [0.2, 0.25) is 0 Å². The van der Waals surface area contributed by atoms with Crippen LogP contribution in [0.2, 0.25) is 0 Å². The van der Waals surface area contributed by atoms with Crippen LogP contribution in [0.4, 0.5) is 26.3 Å². The van der Waals surface area contributed by atoms with Gasteiger partial charge in [-0.25, -0.2) is 0 Å². The third-order valence-corrected chi connectivity index (χ3v) is 19.2. The van der Waals surface area contributed by atoms with E-state index in [-0.39, 0.29) is 18.2 Å². The second-order valence-corrected chi connectivity index (χ2v) is 23.9. The molecule has 0 N–H and O–H groups in total. The minimum atomic E-state index is -5.05. The van der Waals surface area contributed by atoms with E-state index in [1.54, 1.807) is 0 Å². The van der Waals surface area contributed by atoms with Gasteiger partial charge in [-0.1, -0.05) is 161 Å². The van der Waals surface area contributed by atoms with Crippen LogP contribution in [0.1, 0.15) is 61.8 Å². The first-order chi connectivity index (χ1) is 36.4. The molecule has 0 radical (unpaired) electrons. The largest absolute Gasteiger partial charge is 0.860 e. The zero-order chi connectivity index (χ0) is 54.4. The van der Waals surface area contributed by atoms with Gasteiger partial charge in [0.1, 0.15) is 39.1 Å². The highest BCUT2D eigenvalue weighted by atomic mass is 31.2. The van der Waals surface area contributed by atoms with Crippen molar-refractivity contribution >= 4 is 54.1 Å². The number of hydrogen-bond acceptors (Lipinski definition) is 5. The smallest absolute Gasteiger partial charge is 0.416 e. The average Bonchev–Trinajstić information content (AvgIpc) is 3.44. The van der Waals surface area contributed by atoms with Crippen molar-refractivity contribution in [3.63, 3.8) is 0 Å². The van der Waals surface area contributed by atoms with E-state index >= 15 is 0 Å². The van der Waals surface area contributed by atoms with Crippen molar-refractivity contribution in [1.82, 2.24) is 0 Å². The first-order valence-electron chi connectivity index (χ1n) is 24.4. The van der Waals surface area contributed by atoms with Crippen LogP contribution in [0.15, 0.2) is 249 Å². The maximum absolute atomic E-state index is 12.3. The van der Waals surface area contributed by atoms with Crippen molar-refractivity contribution in [3.05, 3.63) is 271 Å². The highest BCUT2D eigenvalue weighted by molar-refractivity contribution is 7.92. The summed E-state index contributed by atoms with van der Waals surface area (Å²) in [6, 6.07) is 81.1. The molecule has 0 heterocycles. The molecule has 0 unspecified atom stereocenters. The van der Waals surface area contributed by atoms with Crippen LogP contribution in [0.25, 0.3) is 0 Å². The van der Waals surface area contributed by atoms with Crippen LogP contribution in [0.5, 0.6) is 17.2 Å². The molecule has 0 saturated carbocycles. The molecule has 76 heavy (non-hydrogen) atoms. The molecule has 9 aromatic rings. The van der Waals surface area contributed by atoms with Crippen molar-refractivity contribution in [2.75, 3.05) is 0 Å². The van der Waals surface area contributed by atoms with Gasteiger partial charge in [-0.3, -0.25) is 0 Å². The lowest BCUT2D eigenvalue weighted by Crippen LogP contribution is -2.50. The molecule has 0 bridgehead atoms. The second kappa shape index (κ2) is 25.6. The van der Waals surface area contributed by atoms with Gasteiger partial charge in [0.15, 0.2) is 11.5 Å². The van der Waals surface area contributed by atoms with E-state index in [4.69, 9.17) is 9.05 Å². The van der Waals surface area contributed by atoms with Gasteiger partial charge >= 0.3 is 12.4 Å². The standard InChI is InChI=1S/2C27H26OP.C8H3BF6O3/c2*1-22(2)23-18-20-24(21-19-23)28-29(25-12-6-3-7-13-25,26-14-8-4-9-15-26)27-16-10-5-11-17-27;10-7(11,12)4-1-5(8(13,14)15)3-6(2-4)18-9(16)17/h2*3-22H,1-2H3;1-3H/q2*+1;-2. The first-order valence-corrected chi connectivity index (χ1v) is 27.8. The Kier molecular flexibility index (Phi) is 19.0. The van der Waals surface area contributed by atoms with E-state index in [2.05, 4.69) is 263 Å². The van der Waals surface area contributed by atoms with Gasteiger partial charge in [0, 0.05) is 0 Å². The Balaban J connectivity index is 0.000000171. The fraction of sp³-hybridized carbons (Fsp3) is 0.129. The summed E-state index contributed by atoms with van der Waals surface area (Å²) in [4.78, 5) is 0. The van der Waals surface area contributed by atoms with Crippen LogP contribution < -0.4 is 55.6 Å². The fourth-order valence-corrected chi connectivity index (χ4v) is 15.1. The summed E-state index contributed by atoms with van der Waals surface area (Å²) < 4.78 is 91.6. The molecule has 388 valence electrons. The Bertz CT molecular complexity index is 2750. The molecule has 9 rings (SSSR count). The lowest BCUT2D eigenvalue weighted by atomic mass is 10.0. The van der Waals surface area contributed by atoms with Crippen LogP contribution in [0, 0.1) is 0 Å². The highest BCUT2D eigenvalue weighted by Crippen LogP contribution is 2.57.